The van der Waals surface area contributed by atoms with Gasteiger partial charge in [-0.2, -0.15) is 5.10 Å². The van der Waals surface area contributed by atoms with Crippen molar-refractivity contribution in [3.05, 3.63) is 29.9 Å². The van der Waals surface area contributed by atoms with Crippen LogP contribution in [0.15, 0.2) is 29.9 Å². The van der Waals surface area contributed by atoms with Gasteiger partial charge in [0.2, 0.25) is 5.91 Å². The molecular formula is C19H22N4O2S. The number of fused-ring (bicyclic) bond motifs is 1. The van der Waals surface area contributed by atoms with Crippen LogP contribution >= 0.6 is 11.3 Å². The third kappa shape index (κ3) is 3.19. The molecule has 1 amide bonds. The molecule has 1 unspecified atom stereocenters. The first-order valence-corrected chi connectivity index (χ1v) is 9.75. The fourth-order valence-electron chi connectivity index (χ4n) is 3.21. The average molecular weight is 370 g/mol. The molecule has 2 aromatic heterocycles. The van der Waals surface area contributed by atoms with Crippen LogP contribution in [0.2, 0.25) is 0 Å². The zero-order chi connectivity index (χ0) is 18.3. The number of ether oxygens (including phenoxy) is 1. The van der Waals surface area contributed by atoms with Crippen LogP contribution in [0.5, 0.6) is 5.75 Å². The molecule has 26 heavy (non-hydrogen) atoms. The van der Waals surface area contributed by atoms with Crippen molar-refractivity contribution in [2.45, 2.75) is 39.3 Å². The Morgan fingerprint density at radius 2 is 2.19 bits per heavy atom. The summed E-state index contributed by atoms with van der Waals surface area (Å²) < 4.78 is 9.25. The minimum absolute atomic E-state index is 0.0530. The highest BCUT2D eigenvalue weighted by Gasteiger charge is 2.28. The van der Waals surface area contributed by atoms with Crippen LogP contribution in [-0.2, 0) is 4.79 Å². The molecule has 1 N–H and O–H groups in total. The second-order valence-electron chi connectivity index (χ2n) is 7.04. The van der Waals surface area contributed by atoms with Crippen LogP contribution in [0.25, 0.3) is 21.5 Å². The van der Waals surface area contributed by atoms with E-state index >= 15 is 0 Å². The molecule has 2 atom stereocenters. The predicted octanol–water partition coefficient (Wildman–Crippen LogP) is 3.64. The first-order chi connectivity index (χ1) is 12.5. The van der Waals surface area contributed by atoms with Gasteiger partial charge in [0.05, 0.1) is 21.4 Å². The second-order valence-corrected chi connectivity index (χ2v) is 7.90. The van der Waals surface area contributed by atoms with E-state index < -0.39 is 0 Å². The summed E-state index contributed by atoms with van der Waals surface area (Å²) in [6.45, 7) is 6.91. The molecule has 0 saturated carbocycles. The zero-order valence-corrected chi connectivity index (χ0v) is 15.9. The number of aromatic nitrogens is 3. The zero-order valence-electron chi connectivity index (χ0n) is 15.1. The Morgan fingerprint density at radius 1 is 1.35 bits per heavy atom. The lowest BCUT2D eigenvalue weighted by molar-refractivity contribution is -0.119. The Kier molecular flexibility index (Phi) is 4.40. The van der Waals surface area contributed by atoms with E-state index in [4.69, 9.17) is 4.74 Å². The van der Waals surface area contributed by atoms with E-state index in [1.165, 1.54) is 0 Å². The molecule has 136 valence electrons. The maximum Gasteiger partial charge on any atom is 0.220 e. The van der Waals surface area contributed by atoms with E-state index in [1.807, 2.05) is 35.4 Å². The highest BCUT2D eigenvalue weighted by atomic mass is 32.1. The van der Waals surface area contributed by atoms with E-state index in [0.29, 0.717) is 19.0 Å². The van der Waals surface area contributed by atoms with E-state index in [0.717, 1.165) is 27.2 Å². The van der Waals surface area contributed by atoms with Gasteiger partial charge < -0.3 is 10.1 Å². The normalized spacial score (nSPS) is 18.5. The van der Waals surface area contributed by atoms with Gasteiger partial charge in [-0.05, 0) is 39.0 Å². The Labute approximate surface area is 156 Å². The topological polar surface area (TPSA) is 69.0 Å². The fraction of sp³-hybridized carbons (Fsp3) is 0.421. The van der Waals surface area contributed by atoms with Crippen LogP contribution in [-0.4, -0.2) is 33.3 Å². The maximum atomic E-state index is 11.5. The molecule has 1 aromatic carbocycles. The molecule has 0 spiro atoms. The monoisotopic (exact) mass is 370 g/mol. The lowest BCUT2D eigenvalue weighted by Crippen LogP contribution is -2.25. The number of carbonyl (C=O) groups excluding carboxylic acids is 1. The number of rotatable bonds is 5. The summed E-state index contributed by atoms with van der Waals surface area (Å²) in [6.07, 6.45) is 2.46. The van der Waals surface area contributed by atoms with Gasteiger partial charge in [0.25, 0.3) is 0 Å². The number of carbonyl (C=O) groups is 1. The first kappa shape index (κ1) is 17.0. The van der Waals surface area contributed by atoms with Gasteiger partial charge in [0.15, 0.2) is 0 Å². The molecule has 3 heterocycles. The van der Waals surface area contributed by atoms with Crippen LogP contribution in [0.1, 0.15) is 33.2 Å². The third-order valence-electron chi connectivity index (χ3n) is 4.82. The molecule has 1 fully saturated rings. The summed E-state index contributed by atoms with van der Waals surface area (Å²) in [5.74, 6) is 1.10. The molecule has 0 radical (unpaired) electrons. The van der Waals surface area contributed by atoms with Gasteiger partial charge in [-0.25, -0.2) is 4.98 Å². The van der Waals surface area contributed by atoms with Crippen molar-refractivity contribution in [3.8, 4) is 17.0 Å². The van der Waals surface area contributed by atoms with E-state index in [1.54, 1.807) is 11.3 Å². The Morgan fingerprint density at radius 3 is 2.88 bits per heavy atom. The number of thiazole rings is 1. The van der Waals surface area contributed by atoms with Gasteiger partial charge in [-0.3, -0.25) is 9.48 Å². The van der Waals surface area contributed by atoms with Crippen molar-refractivity contribution in [1.82, 2.24) is 20.1 Å². The smallest absolute Gasteiger partial charge is 0.220 e. The predicted molar refractivity (Wildman–Crippen MR) is 102 cm³/mol. The number of nitrogens with one attached hydrogen (secondary N) is 1. The Hall–Kier alpha value is -2.41. The quantitative estimate of drug-likeness (QED) is 0.744. The van der Waals surface area contributed by atoms with Gasteiger partial charge in [-0.1, -0.05) is 0 Å². The number of benzene rings is 1. The van der Waals surface area contributed by atoms with E-state index in [-0.39, 0.29) is 17.9 Å². The van der Waals surface area contributed by atoms with Gasteiger partial charge >= 0.3 is 0 Å². The lowest BCUT2D eigenvalue weighted by atomic mass is 10.0. The molecule has 1 aliphatic rings. The lowest BCUT2D eigenvalue weighted by Gasteiger charge is -2.20. The van der Waals surface area contributed by atoms with Crippen LogP contribution in [0, 0.1) is 5.92 Å². The van der Waals surface area contributed by atoms with Crippen molar-refractivity contribution in [2.75, 3.05) is 6.54 Å². The minimum atomic E-state index is -0.0530. The second kappa shape index (κ2) is 6.72. The molecule has 1 saturated heterocycles. The third-order valence-corrected chi connectivity index (χ3v) is 5.67. The summed E-state index contributed by atoms with van der Waals surface area (Å²) in [7, 11) is 0. The van der Waals surface area contributed by atoms with Gasteiger partial charge in [0, 0.05) is 36.7 Å². The fourth-order valence-corrected chi connectivity index (χ4v) is 3.94. The molecule has 6 nitrogen and oxygen atoms in total. The Balaban J connectivity index is 1.67. The number of hydrogen-bond donors (Lipinski definition) is 1. The largest absolute Gasteiger partial charge is 0.489 e. The SMILES string of the molecule is CC(Oc1cc(-c2ccn(C(C)C)n2)cc2ncsc12)[C@H]1CNC(=O)C1. The molecule has 3 aromatic rings. The molecule has 1 aliphatic heterocycles. The standard InChI is InChI=1S/C19H22N4O2S/c1-11(2)23-5-4-15(22-23)13-6-16-19(26-10-21-16)17(7-13)25-12(3)14-8-18(24)20-9-14/h4-7,10-12,14H,8-9H2,1-3H3,(H,20,24)/t12?,14-/m1/s1. The van der Waals surface area contributed by atoms with E-state index in [9.17, 15) is 4.79 Å². The van der Waals surface area contributed by atoms with Gasteiger partial charge in [-0.15, -0.1) is 11.3 Å². The van der Waals surface area contributed by atoms with Crippen molar-refractivity contribution in [2.24, 2.45) is 5.92 Å². The van der Waals surface area contributed by atoms with Crippen LogP contribution in [0.4, 0.5) is 0 Å². The summed E-state index contributed by atoms with van der Waals surface area (Å²) in [4.78, 5) is 16.0. The van der Waals surface area contributed by atoms with Crippen molar-refractivity contribution >= 4 is 27.5 Å². The molecule has 7 heteroatoms. The molecule has 0 aliphatic carbocycles. The molecule has 0 bridgehead atoms. The van der Waals surface area contributed by atoms with Crippen molar-refractivity contribution in [1.29, 1.82) is 0 Å². The van der Waals surface area contributed by atoms with Crippen molar-refractivity contribution in [3.63, 3.8) is 0 Å². The maximum absolute atomic E-state index is 11.5. The Bertz CT molecular complexity index is 946. The first-order valence-electron chi connectivity index (χ1n) is 8.87. The summed E-state index contributed by atoms with van der Waals surface area (Å²) in [6, 6.07) is 6.42. The molecule has 4 rings (SSSR count). The highest BCUT2D eigenvalue weighted by Crippen LogP contribution is 2.35. The average Bonchev–Trinajstić information content (AvgIpc) is 3.34. The van der Waals surface area contributed by atoms with Crippen LogP contribution in [0.3, 0.4) is 0 Å². The van der Waals surface area contributed by atoms with Gasteiger partial charge in [0.1, 0.15) is 11.9 Å². The van der Waals surface area contributed by atoms with Crippen molar-refractivity contribution < 1.29 is 9.53 Å². The highest BCUT2D eigenvalue weighted by molar-refractivity contribution is 7.17. The number of amides is 1. The molecular weight excluding hydrogens is 348 g/mol. The van der Waals surface area contributed by atoms with E-state index in [2.05, 4.69) is 35.3 Å². The summed E-state index contributed by atoms with van der Waals surface area (Å²) in [5, 5.41) is 7.54. The summed E-state index contributed by atoms with van der Waals surface area (Å²) >= 11 is 1.57. The minimum Gasteiger partial charge on any atom is -0.489 e. The summed E-state index contributed by atoms with van der Waals surface area (Å²) in [5.41, 5.74) is 4.64. The number of hydrogen-bond acceptors (Lipinski definition) is 5. The number of nitrogens with zero attached hydrogens (tertiary/aromatic N) is 3. The van der Waals surface area contributed by atoms with Crippen LogP contribution < -0.4 is 10.1 Å².